The van der Waals surface area contributed by atoms with Gasteiger partial charge in [-0.15, -0.1) is 0 Å². The van der Waals surface area contributed by atoms with Gasteiger partial charge in [0, 0.05) is 50.0 Å². The third-order valence-corrected chi connectivity index (χ3v) is 4.68. The quantitative estimate of drug-likeness (QED) is 0.673. The Hall–Kier alpha value is -1.24. The van der Waals surface area contributed by atoms with E-state index in [-0.39, 0.29) is 4.75 Å². The second-order valence-corrected chi connectivity index (χ2v) is 7.51. The zero-order chi connectivity index (χ0) is 15.3. The molecular formula is C14H25N5OS. The molecule has 0 aromatic carbocycles. The lowest BCUT2D eigenvalue weighted by atomic mass is 10.2. The lowest BCUT2D eigenvalue weighted by Crippen LogP contribution is -2.51. The van der Waals surface area contributed by atoms with Crippen molar-refractivity contribution in [3.63, 3.8) is 0 Å². The summed E-state index contributed by atoms with van der Waals surface area (Å²) in [5.41, 5.74) is 0. The number of aryl methyl sites for hydroxylation is 1. The van der Waals surface area contributed by atoms with Crippen LogP contribution >= 0.6 is 11.8 Å². The van der Waals surface area contributed by atoms with Crippen LogP contribution < -0.4 is 5.32 Å². The van der Waals surface area contributed by atoms with Gasteiger partial charge in [0.05, 0.1) is 0 Å². The minimum Gasteiger partial charge on any atom is -0.356 e. The molecule has 0 radical (unpaired) electrons. The summed E-state index contributed by atoms with van der Waals surface area (Å²) in [4.78, 5) is 11.0. The van der Waals surface area contributed by atoms with E-state index in [0.717, 1.165) is 50.0 Å². The van der Waals surface area contributed by atoms with E-state index in [1.165, 1.54) is 0 Å². The number of aromatic nitrogens is 2. The highest BCUT2D eigenvalue weighted by Gasteiger charge is 2.28. The van der Waals surface area contributed by atoms with Crippen LogP contribution in [0.15, 0.2) is 9.52 Å². The van der Waals surface area contributed by atoms with Crippen molar-refractivity contribution in [2.45, 2.75) is 38.4 Å². The van der Waals surface area contributed by atoms with Crippen LogP contribution in [0.5, 0.6) is 0 Å². The van der Waals surface area contributed by atoms with E-state index in [9.17, 15) is 0 Å². The first-order valence-electron chi connectivity index (χ1n) is 7.45. The van der Waals surface area contributed by atoms with Crippen LogP contribution in [0.2, 0.25) is 0 Å². The molecule has 2 rings (SSSR count). The van der Waals surface area contributed by atoms with E-state index < -0.39 is 0 Å². The Morgan fingerprint density at radius 1 is 1.52 bits per heavy atom. The summed E-state index contributed by atoms with van der Waals surface area (Å²) in [6.45, 7) is 9.38. The third-order valence-electron chi connectivity index (χ3n) is 3.38. The molecule has 0 spiro atoms. The first-order valence-corrected chi connectivity index (χ1v) is 8.43. The summed E-state index contributed by atoms with van der Waals surface area (Å²) in [7, 11) is 1.83. The molecule has 1 aromatic heterocycles. The molecule has 1 N–H and O–H groups in total. The molecule has 0 bridgehead atoms. The number of aliphatic imine (C=N–C) groups is 1. The van der Waals surface area contributed by atoms with Crippen molar-refractivity contribution in [2.24, 2.45) is 4.99 Å². The lowest BCUT2D eigenvalue weighted by Gasteiger charge is -2.39. The number of thioether (sulfide) groups is 1. The monoisotopic (exact) mass is 311 g/mol. The maximum Gasteiger partial charge on any atom is 0.226 e. The highest BCUT2D eigenvalue weighted by Crippen LogP contribution is 2.29. The first kappa shape index (κ1) is 16.1. The van der Waals surface area contributed by atoms with Crippen molar-refractivity contribution in [1.82, 2.24) is 20.4 Å². The molecule has 21 heavy (non-hydrogen) atoms. The smallest absolute Gasteiger partial charge is 0.226 e. The van der Waals surface area contributed by atoms with Gasteiger partial charge in [-0.3, -0.25) is 4.99 Å². The Morgan fingerprint density at radius 2 is 2.33 bits per heavy atom. The predicted octanol–water partition coefficient (Wildman–Crippen LogP) is 1.58. The Bertz CT molecular complexity index is 485. The molecule has 1 fully saturated rings. The molecule has 1 aromatic rings. The Morgan fingerprint density at radius 3 is 2.95 bits per heavy atom. The Balaban J connectivity index is 1.82. The first-order chi connectivity index (χ1) is 10.0. The van der Waals surface area contributed by atoms with Gasteiger partial charge in [0.25, 0.3) is 0 Å². The zero-order valence-electron chi connectivity index (χ0n) is 13.3. The molecule has 2 heterocycles. The van der Waals surface area contributed by atoms with Crippen LogP contribution in [-0.4, -0.2) is 58.2 Å². The summed E-state index contributed by atoms with van der Waals surface area (Å²) in [5, 5.41) is 7.36. The third kappa shape index (κ3) is 4.62. The maximum atomic E-state index is 5.11. The van der Waals surface area contributed by atoms with Gasteiger partial charge in [0.15, 0.2) is 11.8 Å². The highest BCUT2D eigenvalue weighted by molar-refractivity contribution is 8.00. The van der Waals surface area contributed by atoms with Gasteiger partial charge in [0.1, 0.15) is 0 Å². The zero-order valence-corrected chi connectivity index (χ0v) is 14.2. The second-order valence-electron chi connectivity index (χ2n) is 5.71. The van der Waals surface area contributed by atoms with Gasteiger partial charge in [0.2, 0.25) is 5.89 Å². The topological polar surface area (TPSA) is 66.6 Å². The fourth-order valence-electron chi connectivity index (χ4n) is 2.35. The molecule has 1 aliphatic heterocycles. The van der Waals surface area contributed by atoms with E-state index in [4.69, 9.17) is 4.52 Å². The van der Waals surface area contributed by atoms with Crippen LogP contribution in [0.3, 0.4) is 0 Å². The molecule has 0 saturated carbocycles. The lowest BCUT2D eigenvalue weighted by molar-refractivity contribution is 0.372. The summed E-state index contributed by atoms with van der Waals surface area (Å²) in [6, 6.07) is 0. The standard InChI is InChI=1S/C14H25N5OS/c1-5-12-17-11(18-20-12)6-7-16-13(15-4)19-8-9-21-14(2,3)10-19/h5-10H2,1-4H3,(H,15,16). The molecule has 0 amide bonds. The highest BCUT2D eigenvalue weighted by atomic mass is 32.2. The van der Waals surface area contributed by atoms with E-state index in [1.54, 1.807) is 0 Å². The van der Waals surface area contributed by atoms with Crippen LogP contribution in [0.25, 0.3) is 0 Å². The number of hydrogen-bond donors (Lipinski definition) is 1. The van der Waals surface area contributed by atoms with Gasteiger partial charge in [-0.1, -0.05) is 12.1 Å². The van der Waals surface area contributed by atoms with Gasteiger partial charge in [-0.2, -0.15) is 16.7 Å². The van der Waals surface area contributed by atoms with E-state index in [1.807, 2.05) is 25.7 Å². The Kier molecular flexibility index (Phi) is 5.50. The van der Waals surface area contributed by atoms with Crippen molar-refractivity contribution in [2.75, 3.05) is 32.4 Å². The number of nitrogens with zero attached hydrogens (tertiary/aromatic N) is 4. The van der Waals surface area contributed by atoms with Crippen molar-refractivity contribution in [3.8, 4) is 0 Å². The summed E-state index contributed by atoms with van der Waals surface area (Å²) in [6.07, 6.45) is 1.52. The van der Waals surface area contributed by atoms with Gasteiger partial charge in [-0.25, -0.2) is 0 Å². The predicted molar refractivity (Wildman–Crippen MR) is 86.9 cm³/mol. The van der Waals surface area contributed by atoms with E-state index in [0.29, 0.717) is 5.89 Å². The van der Waals surface area contributed by atoms with Crippen molar-refractivity contribution >= 4 is 17.7 Å². The molecule has 1 saturated heterocycles. The van der Waals surface area contributed by atoms with Crippen molar-refractivity contribution < 1.29 is 4.52 Å². The minimum absolute atomic E-state index is 0.277. The number of nitrogens with one attached hydrogen (secondary N) is 1. The maximum absolute atomic E-state index is 5.11. The number of guanidine groups is 1. The molecule has 6 nitrogen and oxygen atoms in total. The molecule has 1 aliphatic rings. The fourth-order valence-corrected chi connectivity index (χ4v) is 3.46. The molecular weight excluding hydrogens is 286 g/mol. The van der Waals surface area contributed by atoms with Crippen LogP contribution in [0, 0.1) is 0 Å². The largest absolute Gasteiger partial charge is 0.356 e. The molecule has 0 unspecified atom stereocenters. The summed E-state index contributed by atoms with van der Waals surface area (Å²) < 4.78 is 5.39. The second kappa shape index (κ2) is 7.15. The molecule has 0 aliphatic carbocycles. The number of hydrogen-bond acceptors (Lipinski definition) is 5. The average Bonchev–Trinajstić information content (AvgIpc) is 2.90. The summed E-state index contributed by atoms with van der Waals surface area (Å²) >= 11 is 2.02. The van der Waals surface area contributed by atoms with Crippen molar-refractivity contribution in [1.29, 1.82) is 0 Å². The van der Waals surface area contributed by atoms with E-state index >= 15 is 0 Å². The Labute approximate surface area is 130 Å². The van der Waals surface area contributed by atoms with E-state index in [2.05, 4.69) is 39.2 Å². The average molecular weight is 311 g/mol. The molecule has 0 atom stereocenters. The normalized spacial score (nSPS) is 18.9. The van der Waals surface area contributed by atoms with Gasteiger partial charge < -0.3 is 14.7 Å². The van der Waals surface area contributed by atoms with Crippen LogP contribution in [0.4, 0.5) is 0 Å². The van der Waals surface area contributed by atoms with Gasteiger partial charge in [-0.05, 0) is 13.8 Å². The van der Waals surface area contributed by atoms with Gasteiger partial charge >= 0.3 is 0 Å². The molecule has 7 heteroatoms. The molecule has 118 valence electrons. The van der Waals surface area contributed by atoms with Crippen molar-refractivity contribution in [3.05, 3.63) is 11.7 Å². The fraction of sp³-hybridized carbons (Fsp3) is 0.786. The van der Waals surface area contributed by atoms with Crippen LogP contribution in [0.1, 0.15) is 32.5 Å². The van der Waals surface area contributed by atoms with Crippen LogP contribution in [-0.2, 0) is 12.8 Å². The SMILES string of the molecule is CCc1nc(CCNC(=NC)N2CCSC(C)(C)C2)no1. The number of rotatable bonds is 4. The minimum atomic E-state index is 0.277. The summed E-state index contributed by atoms with van der Waals surface area (Å²) in [5.74, 6) is 3.55.